The van der Waals surface area contributed by atoms with Crippen molar-refractivity contribution < 1.29 is 24.0 Å². The predicted molar refractivity (Wildman–Crippen MR) is 87.4 cm³/mol. The van der Waals surface area contributed by atoms with Crippen molar-refractivity contribution in [1.29, 1.82) is 0 Å². The van der Waals surface area contributed by atoms with Gasteiger partial charge >= 0.3 is 11.9 Å². The first-order chi connectivity index (χ1) is 10.8. The molecule has 2 aromatic heterocycles. The maximum atomic E-state index is 11.0. The molecular weight excluding hydrogens is 342 g/mol. The number of nitro groups is 1. The second-order valence-electron chi connectivity index (χ2n) is 4.20. The van der Waals surface area contributed by atoms with Gasteiger partial charge in [0.15, 0.2) is 0 Å². The third-order valence-electron chi connectivity index (χ3n) is 2.60. The maximum Gasteiger partial charge on any atom is 0.348 e. The molecule has 0 aliphatic carbocycles. The fourth-order valence-electron chi connectivity index (χ4n) is 1.50. The molecule has 0 fully saturated rings. The summed E-state index contributed by atoms with van der Waals surface area (Å²) in [6, 6.07) is 4.90. The quantitative estimate of drug-likeness (QED) is 0.473. The Kier molecular flexibility index (Phi) is 6.86. The van der Waals surface area contributed by atoms with Gasteiger partial charge in [-0.15, -0.1) is 22.7 Å². The van der Waals surface area contributed by atoms with Gasteiger partial charge in [0.1, 0.15) is 9.75 Å². The van der Waals surface area contributed by atoms with Crippen LogP contribution in [0.1, 0.15) is 29.1 Å². The van der Waals surface area contributed by atoms with Crippen LogP contribution in [-0.2, 0) is 9.47 Å². The Hall–Kier alpha value is -2.26. The van der Waals surface area contributed by atoms with E-state index in [0.717, 1.165) is 16.2 Å². The molecule has 0 saturated carbocycles. The molecule has 23 heavy (non-hydrogen) atoms. The Balaban J connectivity index is 0.000000238. The third kappa shape index (κ3) is 5.15. The highest BCUT2D eigenvalue weighted by Gasteiger charge is 2.19. The van der Waals surface area contributed by atoms with Gasteiger partial charge in [-0.3, -0.25) is 10.1 Å². The molecule has 0 aliphatic heterocycles. The van der Waals surface area contributed by atoms with Gasteiger partial charge in [0.25, 0.3) is 5.69 Å². The largest absolute Gasteiger partial charge is 0.465 e. The Morgan fingerprint density at radius 3 is 2.00 bits per heavy atom. The summed E-state index contributed by atoms with van der Waals surface area (Å²) >= 11 is 2.51. The molecule has 2 aromatic rings. The SMILES string of the molecule is COC(=O)c1cc([N+](=O)[O-])c(C)s1.COC(=O)c1ccc(C)s1. The zero-order valence-electron chi connectivity index (χ0n) is 12.9. The van der Waals surface area contributed by atoms with Gasteiger partial charge < -0.3 is 9.47 Å². The van der Waals surface area contributed by atoms with Crippen LogP contribution in [0.15, 0.2) is 18.2 Å². The second kappa shape index (κ2) is 8.39. The summed E-state index contributed by atoms with van der Waals surface area (Å²) in [7, 11) is 2.63. The summed E-state index contributed by atoms with van der Waals surface area (Å²) in [4.78, 5) is 34.2. The number of hydrogen-bond donors (Lipinski definition) is 0. The first kappa shape index (κ1) is 18.8. The number of aryl methyl sites for hydroxylation is 2. The number of rotatable bonds is 3. The number of carbonyl (C=O) groups excluding carboxylic acids is 2. The molecule has 0 atom stereocenters. The van der Waals surface area contributed by atoms with Crippen LogP contribution < -0.4 is 0 Å². The van der Waals surface area contributed by atoms with E-state index in [9.17, 15) is 19.7 Å². The van der Waals surface area contributed by atoms with Crippen LogP contribution in [0.2, 0.25) is 0 Å². The van der Waals surface area contributed by atoms with Gasteiger partial charge in [-0.05, 0) is 26.0 Å². The summed E-state index contributed by atoms with van der Waals surface area (Å²) in [6.07, 6.45) is 0. The molecule has 0 N–H and O–H groups in total. The predicted octanol–water partition coefficient (Wildman–Crippen LogP) is 3.59. The zero-order valence-corrected chi connectivity index (χ0v) is 14.6. The van der Waals surface area contributed by atoms with Crippen LogP contribution in [0, 0.1) is 24.0 Å². The summed E-state index contributed by atoms with van der Waals surface area (Å²) in [5.74, 6) is -0.792. The molecular formula is C14H15NO6S2. The zero-order chi connectivity index (χ0) is 17.6. The van der Waals surface area contributed by atoms with E-state index in [1.165, 1.54) is 31.6 Å². The van der Waals surface area contributed by atoms with Crippen LogP contribution in [0.5, 0.6) is 0 Å². The van der Waals surface area contributed by atoms with Gasteiger partial charge in [-0.25, -0.2) is 9.59 Å². The Bertz CT molecular complexity index is 719. The number of esters is 2. The lowest BCUT2D eigenvalue weighted by Gasteiger charge is -1.90. The lowest BCUT2D eigenvalue weighted by atomic mass is 10.4. The van der Waals surface area contributed by atoms with E-state index in [4.69, 9.17) is 0 Å². The second-order valence-corrected chi connectivity index (χ2v) is 6.75. The van der Waals surface area contributed by atoms with Gasteiger partial charge in [0.2, 0.25) is 0 Å². The van der Waals surface area contributed by atoms with Crippen molar-refractivity contribution in [3.63, 3.8) is 0 Å². The van der Waals surface area contributed by atoms with Crippen molar-refractivity contribution >= 4 is 40.3 Å². The van der Waals surface area contributed by atoms with E-state index in [-0.39, 0.29) is 16.5 Å². The van der Waals surface area contributed by atoms with Crippen molar-refractivity contribution in [3.05, 3.63) is 47.8 Å². The van der Waals surface area contributed by atoms with E-state index in [1.807, 2.05) is 13.0 Å². The van der Waals surface area contributed by atoms with Crippen molar-refractivity contribution in [2.24, 2.45) is 0 Å². The molecule has 124 valence electrons. The van der Waals surface area contributed by atoms with E-state index in [2.05, 4.69) is 9.47 Å². The lowest BCUT2D eigenvalue weighted by molar-refractivity contribution is -0.385. The monoisotopic (exact) mass is 357 g/mol. The number of methoxy groups -OCH3 is 2. The Morgan fingerprint density at radius 1 is 1.04 bits per heavy atom. The molecule has 0 aliphatic rings. The Morgan fingerprint density at radius 2 is 1.61 bits per heavy atom. The number of ether oxygens (including phenoxy) is 2. The van der Waals surface area contributed by atoms with Gasteiger partial charge in [-0.1, -0.05) is 0 Å². The number of carbonyl (C=O) groups is 2. The van der Waals surface area contributed by atoms with Gasteiger partial charge in [0.05, 0.1) is 24.0 Å². The average molecular weight is 357 g/mol. The van der Waals surface area contributed by atoms with Crippen LogP contribution in [0.3, 0.4) is 0 Å². The fourth-order valence-corrected chi connectivity index (χ4v) is 3.19. The molecule has 0 saturated heterocycles. The van der Waals surface area contributed by atoms with Gasteiger partial charge in [-0.2, -0.15) is 0 Å². The molecule has 0 bridgehead atoms. The van der Waals surface area contributed by atoms with E-state index in [1.54, 1.807) is 13.0 Å². The number of thiophene rings is 2. The van der Waals surface area contributed by atoms with Crippen molar-refractivity contribution in [3.8, 4) is 0 Å². The lowest BCUT2D eigenvalue weighted by Crippen LogP contribution is -1.97. The molecule has 2 rings (SSSR count). The van der Waals surface area contributed by atoms with Crippen molar-refractivity contribution in [2.45, 2.75) is 13.8 Å². The molecule has 0 radical (unpaired) electrons. The fraction of sp³-hybridized carbons (Fsp3) is 0.286. The Labute approximate surface area is 140 Å². The summed E-state index contributed by atoms with van der Waals surface area (Å²) in [5, 5.41) is 10.4. The highest BCUT2D eigenvalue weighted by molar-refractivity contribution is 7.14. The van der Waals surface area contributed by atoms with Gasteiger partial charge in [0, 0.05) is 10.9 Å². The molecule has 9 heteroatoms. The van der Waals surface area contributed by atoms with Crippen LogP contribution >= 0.6 is 22.7 Å². The normalized spacial score (nSPS) is 9.57. The van der Waals surface area contributed by atoms with Crippen molar-refractivity contribution in [2.75, 3.05) is 14.2 Å². The average Bonchev–Trinajstić information content (AvgIpc) is 3.12. The molecule has 7 nitrogen and oxygen atoms in total. The molecule has 0 amide bonds. The van der Waals surface area contributed by atoms with E-state index < -0.39 is 10.9 Å². The molecule has 0 unspecified atom stereocenters. The topological polar surface area (TPSA) is 95.7 Å². The van der Waals surface area contributed by atoms with Crippen LogP contribution in [0.25, 0.3) is 0 Å². The minimum absolute atomic E-state index is 0.0367. The number of hydrogen-bond acceptors (Lipinski definition) is 8. The van der Waals surface area contributed by atoms with E-state index >= 15 is 0 Å². The van der Waals surface area contributed by atoms with Crippen LogP contribution in [0.4, 0.5) is 5.69 Å². The maximum absolute atomic E-state index is 11.0. The first-order valence-corrected chi connectivity index (χ1v) is 7.91. The minimum atomic E-state index is -0.541. The highest BCUT2D eigenvalue weighted by Crippen LogP contribution is 2.28. The summed E-state index contributed by atoms with van der Waals surface area (Å²) in [5.41, 5.74) is -0.0367. The third-order valence-corrected chi connectivity index (χ3v) is 4.60. The molecule has 0 spiro atoms. The summed E-state index contributed by atoms with van der Waals surface area (Å²) in [6.45, 7) is 3.55. The summed E-state index contributed by atoms with van der Waals surface area (Å²) < 4.78 is 8.95. The molecule has 2 heterocycles. The minimum Gasteiger partial charge on any atom is -0.465 e. The van der Waals surface area contributed by atoms with Crippen LogP contribution in [-0.4, -0.2) is 31.1 Å². The number of nitrogens with zero attached hydrogens (tertiary/aromatic N) is 1. The molecule has 0 aromatic carbocycles. The standard InChI is InChI=1S/C7H7NO4S.C7H8O2S/c1-4-5(8(10)11)3-6(13-4)7(9)12-2;1-5-3-4-6(10-5)7(8)9-2/h3H,1-2H3;3-4H,1-2H3. The van der Waals surface area contributed by atoms with E-state index in [0.29, 0.717) is 9.75 Å². The van der Waals surface area contributed by atoms with Crippen molar-refractivity contribution in [1.82, 2.24) is 0 Å². The first-order valence-electron chi connectivity index (χ1n) is 6.28. The highest BCUT2D eigenvalue weighted by atomic mass is 32.1. The smallest absolute Gasteiger partial charge is 0.348 e.